The first-order valence-electron chi connectivity index (χ1n) is 10.5. The largest absolute Gasteiger partial charge is 0.497 e. The van der Waals surface area contributed by atoms with Crippen LogP contribution < -0.4 is 15.5 Å². The van der Waals surface area contributed by atoms with Gasteiger partial charge < -0.3 is 15.2 Å². The van der Waals surface area contributed by atoms with Crippen molar-refractivity contribution in [3.63, 3.8) is 0 Å². The highest BCUT2D eigenvalue weighted by Crippen LogP contribution is 2.26. The maximum atomic E-state index is 11.9. The van der Waals surface area contributed by atoms with E-state index < -0.39 is 12.1 Å². The fraction of sp³-hybridized carbons (Fsp3) is 0.0741. The third kappa shape index (κ3) is 4.97. The first kappa shape index (κ1) is 22.4. The van der Waals surface area contributed by atoms with Gasteiger partial charge in [-0.2, -0.15) is 10.4 Å². The maximum Gasteiger partial charge on any atom is 0.336 e. The summed E-state index contributed by atoms with van der Waals surface area (Å²) >= 11 is 0. The predicted octanol–water partition coefficient (Wildman–Crippen LogP) is 4.16. The van der Waals surface area contributed by atoms with Gasteiger partial charge in [0.25, 0.3) is 0 Å². The molecule has 0 fully saturated rings. The van der Waals surface area contributed by atoms with Gasteiger partial charge in [-0.3, -0.25) is 5.43 Å². The van der Waals surface area contributed by atoms with E-state index in [2.05, 4.69) is 15.8 Å². The lowest BCUT2D eigenvalue weighted by atomic mass is 9.97. The van der Waals surface area contributed by atoms with Crippen molar-refractivity contribution in [1.82, 2.24) is 10.7 Å². The number of ether oxygens (including phenoxy) is 1. The molecule has 0 saturated heterocycles. The first-order valence-corrected chi connectivity index (χ1v) is 10.5. The van der Waals surface area contributed by atoms with Crippen LogP contribution in [0.25, 0.3) is 16.8 Å². The van der Waals surface area contributed by atoms with Gasteiger partial charge in [-0.05, 0) is 52.6 Å². The quantitative estimate of drug-likeness (QED) is 0.369. The average Bonchev–Trinajstić information content (AvgIpc) is 2.89. The molecule has 7 nitrogen and oxygen atoms in total. The summed E-state index contributed by atoms with van der Waals surface area (Å²) < 4.78 is 5.14. The molecule has 1 aliphatic heterocycles. The zero-order chi connectivity index (χ0) is 23.9. The predicted molar refractivity (Wildman–Crippen MR) is 131 cm³/mol. The fourth-order valence-electron chi connectivity index (χ4n) is 3.56. The Morgan fingerprint density at radius 3 is 2.29 bits per heavy atom. The Bertz CT molecular complexity index is 1300. The van der Waals surface area contributed by atoms with E-state index in [0.29, 0.717) is 5.70 Å². The number of hydrazone groups is 1. The number of nitriles is 1. The normalized spacial score (nSPS) is 15.3. The van der Waals surface area contributed by atoms with Crippen LogP contribution in [0.3, 0.4) is 0 Å². The summed E-state index contributed by atoms with van der Waals surface area (Å²) in [5, 5.41) is 26.7. The summed E-state index contributed by atoms with van der Waals surface area (Å²) in [6.45, 7) is 0. The van der Waals surface area contributed by atoms with Crippen LogP contribution in [-0.2, 0) is 4.79 Å². The van der Waals surface area contributed by atoms with Crippen LogP contribution >= 0.6 is 0 Å². The molecule has 0 amide bonds. The van der Waals surface area contributed by atoms with Gasteiger partial charge in [0.1, 0.15) is 11.9 Å². The first-order chi connectivity index (χ1) is 16.6. The molecule has 1 atom stereocenters. The van der Waals surface area contributed by atoms with Gasteiger partial charge in [-0.25, -0.2) is 4.79 Å². The number of methoxy groups -OCH3 is 1. The second-order valence-corrected chi connectivity index (χ2v) is 7.48. The third-order valence-electron chi connectivity index (χ3n) is 5.35. The number of aliphatic carboxylic acids is 1. The Labute approximate surface area is 197 Å². The molecule has 0 spiro atoms. The van der Waals surface area contributed by atoms with Gasteiger partial charge in [0.15, 0.2) is 0 Å². The van der Waals surface area contributed by atoms with Crippen molar-refractivity contribution in [2.75, 3.05) is 7.11 Å². The molecule has 0 saturated carbocycles. The zero-order valence-corrected chi connectivity index (χ0v) is 18.4. The van der Waals surface area contributed by atoms with E-state index in [-0.39, 0.29) is 11.1 Å². The molecular formula is C27H22N4O3. The molecule has 4 rings (SSSR count). The SMILES string of the molecule is COc1ccc(C=NNC2NC(c3ccc(-c4ccccc4)cc3)=CC(C(=O)O)=C2C#N)cc1. The zero-order valence-electron chi connectivity index (χ0n) is 18.4. The number of nitrogens with zero attached hydrogens (tertiary/aromatic N) is 2. The molecule has 0 aromatic heterocycles. The van der Waals surface area contributed by atoms with Crippen LogP contribution in [-0.4, -0.2) is 30.6 Å². The molecule has 34 heavy (non-hydrogen) atoms. The molecule has 3 N–H and O–H groups in total. The van der Waals surface area contributed by atoms with Crippen LogP contribution in [0.2, 0.25) is 0 Å². The van der Waals surface area contributed by atoms with E-state index in [0.717, 1.165) is 28.0 Å². The lowest BCUT2D eigenvalue weighted by Gasteiger charge is -2.26. The Kier molecular flexibility index (Phi) is 6.70. The molecule has 168 valence electrons. The van der Waals surface area contributed by atoms with Crippen molar-refractivity contribution in [1.29, 1.82) is 5.26 Å². The summed E-state index contributed by atoms with van der Waals surface area (Å²) in [5.41, 5.74) is 7.15. The number of carbonyl (C=O) groups is 1. The molecule has 7 heteroatoms. The fourth-order valence-corrected chi connectivity index (χ4v) is 3.56. The van der Waals surface area contributed by atoms with E-state index in [9.17, 15) is 15.2 Å². The second-order valence-electron chi connectivity index (χ2n) is 7.48. The molecule has 1 unspecified atom stereocenters. The second kappa shape index (κ2) is 10.2. The number of rotatable bonds is 7. The van der Waals surface area contributed by atoms with Crippen LogP contribution in [0.15, 0.2) is 101 Å². The molecule has 1 aliphatic rings. The van der Waals surface area contributed by atoms with Gasteiger partial charge in [-0.15, -0.1) is 0 Å². The molecule has 1 heterocycles. The molecule has 0 bridgehead atoms. The van der Waals surface area contributed by atoms with Crippen molar-refractivity contribution < 1.29 is 14.6 Å². The summed E-state index contributed by atoms with van der Waals surface area (Å²) in [7, 11) is 1.59. The standard InChI is InChI=1S/C27H22N4O3/c1-34-22-13-7-18(8-14-22)17-29-31-26-24(16-28)23(27(32)33)15-25(30-26)21-11-9-20(10-12-21)19-5-3-2-4-6-19/h2-15,17,26,30-31H,1H3,(H,32,33). The van der Waals surface area contributed by atoms with Crippen molar-refractivity contribution in [3.8, 4) is 22.9 Å². The summed E-state index contributed by atoms with van der Waals surface area (Å²) in [4.78, 5) is 11.9. The average molecular weight is 450 g/mol. The summed E-state index contributed by atoms with van der Waals surface area (Å²) in [5.74, 6) is -0.449. The van der Waals surface area contributed by atoms with Crippen LogP contribution in [0.4, 0.5) is 0 Å². The minimum atomic E-state index is -1.18. The third-order valence-corrected chi connectivity index (χ3v) is 5.35. The Hall–Kier alpha value is -4.83. The number of nitrogens with one attached hydrogen (secondary N) is 2. The minimum absolute atomic E-state index is 0.0454. The monoisotopic (exact) mass is 450 g/mol. The molecule has 0 aliphatic carbocycles. The van der Waals surface area contributed by atoms with Gasteiger partial charge in [0.2, 0.25) is 0 Å². The topological polar surface area (TPSA) is 107 Å². The van der Waals surface area contributed by atoms with Gasteiger partial charge in [0, 0.05) is 5.70 Å². The van der Waals surface area contributed by atoms with Crippen LogP contribution in [0.1, 0.15) is 11.1 Å². The van der Waals surface area contributed by atoms with E-state index >= 15 is 0 Å². The van der Waals surface area contributed by atoms with Gasteiger partial charge in [-0.1, -0.05) is 54.6 Å². The molecule has 0 radical (unpaired) electrons. The van der Waals surface area contributed by atoms with Gasteiger partial charge >= 0.3 is 5.97 Å². The van der Waals surface area contributed by atoms with Crippen LogP contribution in [0, 0.1) is 11.3 Å². The smallest absolute Gasteiger partial charge is 0.336 e. The Morgan fingerprint density at radius 1 is 1.03 bits per heavy atom. The van der Waals surface area contributed by atoms with E-state index in [4.69, 9.17) is 4.74 Å². The van der Waals surface area contributed by atoms with E-state index in [1.807, 2.05) is 84.9 Å². The summed E-state index contributed by atoms with van der Waals surface area (Å²) in [6.07, 6.45) is 2.26. The number of dihydropyridines is 1. The van der Waals surface area contributed by atoms with Crippen molar-refractivity contribution >= 4 is 17.9 Å². The minimum Gasteiger partial charge on any atom is -0.497 e. The van der Waals surface area contributed by atoms with Crippen LogP contribution in [0.5, 0.6) is 5.75 Å². The highest BCUT2D eigenvalue weighted by Gasteiger charge is 2.27. The molecule has 3 aromatic carbocycles. The maximum absolute atomic E-state index is 11.9. The van der Waals surface area contributed by atoms with E-state index in [1.165, 1.54) is 6.08 Å². The summed E-state index contributed by atoms with van der Waals surface area (Å²) in [6, 6.07) is 27.0. The van der Waals surface area contributed by atoms with Gasteiger partial charge in [0.05, 0.1) is 30.5 Å². The van der Waals surface area contributed by atoms with Crippen molar-refractivity contribution in [2.45, 2.75) is 6.17 Å². The number of carboxylic acid groups (broad SMARTS) is 1. The Balaban J connectivity index is 1.58. The lowest BCUT2D eigenvalue weighted by molar-refractivity contribution is -0.132. The van der Waals surface area contributed by atoms with Crippen molar-refractivity contribution in [2.24, 2.45) is 5.10 Å². The highest BCUT2D eigenvalue weighted by molar-refractivity contribution is 5.95. The highest BCUT2D eigenvalue weighted by atomic mass is 16.5. The number of carboxylic acids is 1. The number of hydrogen-bond donors (Lipinski definition) is 3. The molecule has 3 aromatic rings. The van der Waals surface area contributed by atoms with E-state index in [1.54, 1.807) is 13.3 Å². The van der Waals surface area contributed by atoms with Crippen molar-refractivity contribution in [3.05, 3.63) is 107 Å². The molecular weight excluding hydrogens is 428 g/mol. The lowest BCUT2D eigenvalue weighted by Crippen LogP contribution is -2.43. The Morgan fingerprint density at radius 2 is 1.68 bits per heavy atom. The number of benzene rings is 3. The number of hydrogen-bond acceptors (Lipinski definition) is 6.